The Morgan fingerprint density at radius 3 is 2.30 bits per heavy atom. The van der Waals surface area contributed by atoms with Crippen molar-refractivity contribution in [3.63, 3.8) is 0 Å². The number of piperidine rings is 1. The Kier molecular flexibility index (Phi) is 3.29. The number of β-amino-alcohol motifs (C(OH)–C–C–N with tert-alkyl or cyclic N) is 1. The summed E-state index contributed by atoms with van der Waals surface area (Å²) in [6.45, 7) is 0.252. The van der Waals surface area contributed by atoms with Crippen molar-refractivity contribution in [1.82, 2.24) is 5.32 Å². The number of aliphatic hydroxyl groups is 3. The van der Waals surface area contributed by atoms with E-state index in [1.54, 1.807) is 0 Å². The van der Waals surface area contributed by atoms with Gasteiger partial charge in [-0.15, -0.1) is 0 Å². The molecule has 20 heavy (non-hydrogen) atoms. The van der Waals surface area contributed by atoms with E-state index in [0.29, 0.717) is 0 Å². The predicted octanol–water partition coefficient (Wildman–Crippen LogP) is 0.472. The molecule has 0 bridgehead atoms. The van der Waals surface area contributed by atoms with Crippen molar-refractivity contribution >= 4 is 0 Å². The smallest absolute Gasteiger partial charge is 0.126 e. The van der Waals surface area contributed by atoms with Gasteiger partial charge in [-0.25, -0.2) is 8.78 Å². The van der Waals surface area contributed by atoms with Gasteiger partial charge in [0.2, 0.25) is 0 Å². The highest BCUT2D eigenvalue weighted by atomic mass is 19.1. The Morgan fingerprint density at radius 2 is 1.75 bits per heavy atom. The Hall–Kier alpha value is -1.08. The SMILES string of the molecule is OC(c1cc(F)cc(F)c1)C1[C@@H](O)[C@H](O)CNC12CC2. The van der Waals surface area contributed by atoms with Crippen LogP contribution in [0.5, 0.6) is 0 Å². The predicted molar refractivity (Wildman–Crippen MR) is 66.8 cm³/mol. The first-order valence-corrected chi connectivity index (χ1v) is 6.68. The van der Waals surface area contributed by atoms with Crippen molar-refractivity contribution in [2.24, 2.45) is 5.92 Å². The van der Waals surface area contributed by atoms with Crippen LogP contribution in [-0.2, 0) is 0 Å². The molecule has 1 saturated carbocycles. The number of benzene rings is 1. The van der Waals surface area contributed by atoms with Gasteiger partial charge in [0.1, 0.15) is 11.6 Å². The molecule has 1 aromatic carbocycles. The lowest BCUT2D eigenvalue weighted by Crippen LogP contribution is -2.59. The van der Waals surface area contributed by atoms with Gasteiger partial charge in [0.05, 0.1) is 18.3 Å². The third-order valence-electron chi connectivity index (χ3n) is 4.42. The van der Waals surface area contributed by atoms with Crippen molar-refractivity contribution in [1.29, 1.82) is 0 Å². The summed E-state index contributed by atoms with van der Waals surface area (Å²) in [6.07, 6.45) is -1.84. The summed E-state index contributed by atoms with van der Waals surface area (Å²) in [7, 11) is 0. The lowest BCUT2D eigenvalue weighted by molar-refractivity contribution is -0.0990. The molecule has 1 aliphatic carbocycles. The van der Waals surface area contributed by atoms with Crippen LogP contribution >= 0.6 is 0 Å². The maximum absolute atomic E-state index is 13.3. The highest BCUT2D eigenvalue weighted by molar-refractivity contribution is 5.25. The highest BCUT2D eigenvalue weighted by Crippen LogP contribution is 2.51. The Labute approximate surface area is 115 Å². The van der Waals surface area contributed by atoms with E-state index in [0.717, 1.165) is 31.0 Å². The molecule has 3 rings (SSSR count). The molecule has 110 valence electrons. The van der Waals surface area contributed by atoms with Gasteiger partial charge < -0.3 is 20.6 Å². The average molecular weight is 285 g/mol. The van der Waals surface area contributed by atoms with Gasteiger partial charge >= 0.3 is 0 Å². The van der Waals surface area contributed by atoms with Crippen LogP contribution in [0.3, 0.4) is 0 Å². The third-order valence-corrected chi connectivity index (χ3v) is 4.42. The second kappa shape index (κ2) is 4.73. The molecule has 2 fully saturated rings. The van der Waals surface area contributed by atoms with Crippen LogP contribution in [-0.4, -0.2) is 39.6 Å². The normalized spacial score (nSPS) is 33.1. The maximum Gasteiger partial charge on any atom is 0.126 e. The fourth-order valence-electron chi connectivity index (χ4n) is 3.20. The molecule has 6 heteroatoms. The summed E-state index contributed by atoms with van der Waals surface area (Å²) in [5, 5.41) is 33.4. The van der Waals surface area contributed by atoms with E-state index in [-0.39, 0.29) is 12.1 Å². The van der Waals surface area contributed by atoms with Crippen molar-refractivity contribution in [2.75, 3.05) is 6.54 Å². The van der Waals surface area contributed by atoms with Gasteiger partial charge in [0.25, 0.3) is 0 Å². The molecule has 4 nitrogen and oxygen atoms in total. The van der Waals surface area contributed by atoms with E-state index < -0.39 is 41.4 Å². The zero-order valence-corrected chi connectivity index (χ0v) is 10.8. The fraction of sp³-hybridized carbons (Fsp3) is 0.571. The Bertz CT molecular complexity index is 501. The summed E-state index contributed by atoms with van der Waals surface area (Å²) in [6, 6.07) is 2.84. The molecule has 1 spiro atoms. The monoisotopic (exact) mass is 285 g/mol. The van der Waals surface area contributed by atoms with Crippen LogP contribution < -0.4 is 5.32 Å². The largest absolute Gasteiger partial charge is 0.390 e. The molecule has 4 N–H and O–H groups in total. The molecule has 0 aromatic heterocycles. The van der Waals surface area contributed by atoms with Gasteiger partial charge in [-0.3, -0.25) is 0 Å². The van der Waals surface area contributed by atoms with Crippen molar-refractivity contribution < 1.29 is 24.1 Å². The van der Waals surface area contributed by atoms with Crippen molar-refractivity contribution in [2.45, 2.75) is 36.7 Å². The number of aliphatic hydroxyl groups excluding tert-OH is 3. The summed E-state index contributed by atoms with van der Waals surface area (Å²) < 4.78 is 26.5. The van der Waals surface area contributed by atoms with E-state index in [1.165, 1.54) is 0 Å². The van der Waals surface area contributed by atoms with Gasteiger partial charge in [-0.05, 0) is 30.5 Å². The number of hydrogen-bond acceptors (Lipinski definition) is 4. The first-order valence-electron chi connectivity index (χ1n) is 6.68. The molecule has 1 saturated heterocycles. The molecule has 1 heterocycles. The van der Waals surface area contributed by atoms with E-state index in [2.05, 4.69) is 5.32 Å². The molecular formula is C14H17F2NO3. The number of nitrogens with one attached hydrogen (secondary N) is 1. The van der Waals surface area contributed by atoms with Crippen molar-refractivity contribution in [3.05, 3.63) is 35.4 Å². The zero-order chi connectivity index (χ0) is 14.5. The average Bonchev–Trinajstić information content (AvgIpc) is 3.14. The lowest BCUT2D eigenvalue weighted by atomic mass is 9.78. The summed E-state index contributed by atoms with van der Waals surface area (Å²) in [5.74, 6) is -2.24. The van der Waals surface area contributed by atoms with Crippen LogP contribution in [0, 0.1) is 17.6 Å². The van der Waals surface area contributed by atoms with Crippen LogP contribution in [0.4, 0.5) is 8.78 Å². The molecular weight excluding hydrogens is 268 g/mol. The second-order valence-corrected chi connectivity index (χ2v) is 5.77. The minimum atomic E-state index is -1.24. The van der Waals surface area contributed by atoms with Crippen molar-refractivity contribution in [3.8, 4) is 0 Å². The maximum atomic E-state index is 13.3. The van der Waals surface area contributed by atoms with Crippen LogP contribution in [0.25, 0.3) is 0 Å². The molecule has 2 aliphatic rings. The minimum absolute atomic E-state index is 0.0775. The first-order chi connectivity index (χ1) is 9.43. The van der Waals surface area contributed by atoms with Crippen LogP contribution in [0.15, 0.2) is 18.2 Å². The molecule has 4 atom stereocenters. The van der Waals surface area contributed by atoms with Gasteiger partial charge in [0.15, 0.2) is 0 Å². The topological polar surface area (TPSA) is 72.7 Å². The van der Waals surface area contributed by atoms with Gasteiger partial charge in [-0.2, -0.15) is 0 Å². The standard InChI is InChI=1S/C14H17F2NO3/c15-8-3-7(4-9(16)5-8)12(19)11-13(20)10(18)6-17-14(11)1-2-14/h3-5,10-13,17-20H,1-2,6H2/t10-,11?,12?,13+/m1/s1. The summed E-state index contributed by atoms with van der Waals surface area (Å²) >= 11 is 0. The van der Waals surface area contributed by atoms with E-state index >= 15 is 0 Å². The summed E-state index contributed by atoms with van der Waals surface area (Å²) in [5.41, 5.74) is -0.366. The molecule has 2 unspecified atom stereocenters. The molecule has 1 aliphatic heterocycles. The number of rotatable bonds is 2. The van der Waals surface area contributed by atoms with Gasteiger partial charge in [-0.1, -0.05) is 0 Å². The molecule has 1 aromatic rings. The van der Waals surface area contributed by atoms with Crippen LogP contribution in [0.1, 0.15) is 24.5 Å². The Morgan fingerprint density at radius 1 is 1.15 bits per heavy atom. The van der Waals surface area contributed by atoms with E-state index in [9.17, 15) is 24.1 Å². The number of halogens is 2. The van der Waals surface area contributed by atoms with Gasteiger partial charge in [0, 0.05) is 24.1 Å². The second-order valence-electron chi connectivity index (χ2n) is 5.77. The summed E-state index contributed by atoms with van der Waals surface area (Å²) in [4.78, 5) is 0. The minimum Gasteiger partial charge on any atom is -0.390 e. The first kappa shape index (κ1) is 13.9. The Balaban J connectivity index is 1.93. The lowest BCUT2D eigenvalue weighted by Gasteiger charge is -2.42. The van der Waals surface area contributed by atoms with E-state index in [1.807, 2.05) is 0 Å². The fourth-order valence-corrected chi connectivity index (χ4v) is 3.20. The third kappa shape index (κ3) is 2.22. The zero-order valence-electron chi connectivity index (χ0n) is 10.8. The molecule has 0 radical (unpaired) electrons. The highest BCUT2D eigenvalue weighted by Gasteiger charge is 2.58. The van der Waals surface area contributed by atoms with E-state index in [4.69, 9.17) is 0 Å². The quantitative estimate of drug-likeness (QED) is 0.637. The number of hydrogen-bond donors (Lipinski definition) is 4. The van der Waals surface area contributed by atoms with Crippen LogP contribution in [0.2, 0.25) is 0 Å². The molecule has 0 amide bonds.